The number of nitrogens with zero attached hydrogens (tertiary/aromatic N) is 1. The Morgan fingerprint density at radius 1 is 1.08 bits per heavy atom. The van der Waals surface area contributed by atoms with Crippen LogP contribution in [0, 0.1) is 0 Å². The molecule has 2 aromatic carbocycles. The topological polar surface area (TPSA) is 75.7 Å². The quantitative estimate of drug-likeness (QED) is 0.831. The maximum Gasteiger partial charge on any atom is 0.242 e. The standard InChI is InChI=1S/C17H20N2O4S/c1-3-19(14-7-5-4-6-8-14)17(20)13-18-24(21,22)16-11-9-15(23-2)10-12-16/h4-12,18H,3,13H2,1-2H3. The summed E-state index contributed by atoms with van der Waals surface area (Å²) in [5, 5.41) is 0. The van der Waals surface area contributed by atoms with Gasteiger partial charge in [-0.25, -0.2) is 13.1 Å². The molecule has 0 fully saturated rings. The largest absolute Gasteiger partial charge is 0.497 e. The van der Waals surface area contributed by atoms with Gasteiger partial charge in [-0.1, -0.05) is 18.2 Å². The molecule has 0 radical (unpaired) electrons. The van der Waals surface area contributed by atoms with E-state index in [0.29, 0.717) is 12.3 Å². The van der Waals surface area contributed by atoms with Gasteiger partial charge < -0.3 is 9.64 Å². The molecule has 0 aromatic heterocycles. The number of hydrogen-bond donors (Lipinski definition) is 1. The maximum absolute atomic E-state index is 12.3. The van der Waals surface area contributed by atoms with Crippen molar-refractivity contribution in [2.24, 2.45) is 0 Å². The van der Waals surface area contributed by atoms with Gasteiger partial charge in [-0.2, -0.15) is 0 Å². The van der Waals surface area contributed by atoms with Crippen LogP contribution in [-0.2, 0) is 14.8 Å². The monoisotopic (exact) mass is 348 g/mol. The molecule has 0 saturated carbocycles. The Morgan fingerprint density at radius 3 is 2.25 bits per heavy atom. The second kappa shape index (κ2) is 7.94. The SMILES string of the molecule is CCN(C(=O)CNS(=O)(=O)c1ccc(OC)cc1)c1ccccc1. The third kappa shape index (κ3) is 4.33. The van der Waals surface area contributed by atoms with Crippen LogP contribution in [0.25, 0.3) is 0 Å². The highest BCUT2D eigenvalue weighted by Gasteiger charge is 2.19. The molecule has 2 aromatic rings. The van der Waals surface area contributed by atoms with E-state index in [1.165, 1.54) is 24.1 Å². The third-order valence-electron chi connectivity index (χ3n) is 3.47. The van der Waals surface area contributed by atoms with Gasteiger partial charge in [0, 0.05) is 12.2 Å². The van der Waals surface area contributed by atoms with Crippen molar-refractivity contribution in [1.82, 2.24) is 4.72 Å². The zero-order chi connectivity index (χ0) is 17.6. The van der Waals surface area contributed by atoms with Crippen LogP contribution in [0.4, 0.5) is 5.69 Å². The Hall–Kier alpha value is -2.38. The van der Waals surface area contributed by atoms with E-state index in [4.69, 9.17) is 4.74 Å². The highest BCUT2D eigenvalue weighted by atomic mass is 32.2. The number of carbonyl (C=O) groups is 1. The number of ether oxygens (including phenoxy) is 1. The molecular formula is C17H20N2O4S. The highest BCUT2D eigenvalue weighted by Crippen LogP contribution is 2.16. The number of benzene rings is 2. The predicted molar refractivity (Wildman–Crippen MR) is 92.7 cm³/mol. The van der Waals surface area contributed by atoms with E-state index in [2.05, 4.69) is 4.72 Å². The lowest BCUT2D eigenvalue weighted by atomic mass is 10.3. The minimum atomic E-state index is -3.76. The number of amides is 1. The van der Waals surface area contributed by atoms with E-state index in [-0.39, 0.29) is 17.3 Å². The van der Waals surface area contributed by atoms with Gasteiger partial charge in [0.25, 0.3) is 0 Å². The summed E-state index contributed by atoms with van der Waals surface area (Å²) in [6.45, 7) is 1.98. The van der Waals surface area contributed by atoms with E-state index in [0.717, 1.165) is 5.69 Å². The van der Waals surface area contributed by atoms with Crippen molar-refractivity contribution >= 4 is 21.6 Å². The van der Waals surface area contributed by atoms with Crippen molar-refractivity contribution in [2.45, 2.75) is 11.8 Å². The molecule has 128 valence electrons. The van der Waals surface area contributed by atoms with Gasteiger partial charge >= 0.3 is 0 Å². The fourth-order valence-corrected chi connectivity index (χ4v) is 3.18. The Balaban J connectivity index is 2.06. The molecule has 0 atom stereocenters. The van der Waals surface area contributed by atoms with E-state index >= 15 is 0 Å². The summed E-state index contributed by atoms with van der Waals surface area (Å²) in [6, 6.07) is 15.1. The van der Waals surface area contributed by atoms with Crippen LogP contribution in [0.1, 0.15) is 6.92 Å². The molecule has 0 aliphatic rings. The van der Waals surface area contributed by atoms with E-state index in [1.807, 2.05) is 25.1 Å². The van der Waals surface area contributed by atoms with Crippen molar-refractivity contribution in [3.8, 4) is 5.75 Å². The average molecular weight is 348 g/mol. The molecule has 0 unspecified atom stereocenters. The summed E-state index contributed by atoms with van der Waals surface area (Å²) in [4.78, 5) is 13.9. The number of likely N-dealkylation sites (N-methyl/N-ethyl adjacent to an activating group) is 1. The zero-order valence-corrected chi connectivity index (χ0v) is 14.4. The lowest BCUT2D eigenvalue weighted by molar-refractivity contribution is -0.117. The van der Waals surface area contributed by atoms with Crippen molar-refractivity contribution in [3.05, 3.63) is 54.6 Å². The first kappa shape index (κ1) is 18.0. The van der Waals surface area contributed by atoms with E-state index < -0.39 is 10.0 Å². The number of para-hydroxylation sites is 1. The summed E-state index contributed by atoms with van der Waals surface area (Å²) in [6.07, 6.45) is 0. The first-order valence-electron chi connectivity index (χ1n) is 7.47. The zero-order valence-electron chi connectivity index (χ0n) is 13.6. The van der Waals surface area contributed by atoms with Crippen LogP contribution < -0.4 is 14.4 Å². The molecule has 1 amide bonds. The van der Waals surface area contributed by atoms with Crippen molar-refractivity contribution < 1.29 is 17.9 Å². The van der Waals surface area contributed by atoms with Gasteiger partial charge in [-0.3, -0.25) is 4.79 Å². The average Bonchev–Trinajstić information content (AvgIpc) is 2.61. The third-order valence-corrected chi connectivity index (χ3v) is 4.89. The summed E-state index contributed by atoms with van der Waals surface area (Å²) in [5.74, 6) is 0.243. The van der Waals surface area contributed by atoms with Crippen molar-refractivity contribution in [3.63, 3.8) is 0 Å². The Bertz CT molecular complexity index is 774. The van der Waals surface area contributed by atoms with Gasteiger partial charge in [0.15, 0.2) is 0 Å². The number of carbonyl (C=O) groups excluding carboxylic acids is 1. The number of hydrogen-bond acceptors (Lipinski definition) is 4. The van der Waals surface area contributed by atoms with Crippen LogP contribution in [0.5, 0.6) is 5.75 Å². The molecule has 0 aliphatic carbocycles. The second-order valence-electron chi connectivity index (χ2n) is 4.97. The fraction of sp³-hybridized carbons (Fsp3) is 0.235. The second-order valence-corrected chi connectivity index (χ2v) is 6.74. The lowest BCUT2D eigenvalue weighted by Crippen LogP contribution is -2.40. The number of rotatable bonds is 7. The van der Waals surface area contributed by atoms with Gasteiger partial charge in [0.2, 0.25) is 15.9 Å². The number of methoxy groups -OCH3 is 1. The smallest absolute Gasteiger partial charge is 0.242 e. The Labute approximate surface area is 142 Å². The molecule has 0 spiro atoms. The summed E-state index contributed by atoms with van der Waals surface area (Å²) >= 11 is 0. The summed E-state index contributed by atoms with van der Waals surface area (Å²) in [5.41, 5.74) is 0.730. The number of sulfonamides is 1. The van der Waals surface area contributed by atoms with Gasteiger partial charge in [-0.15, -0.1) is 0 Å². The molecular weight excluding hydrogens is 328 g/mol. The number of nitrogens with one attached hydrogen (secondary N) is 1. The maximum atomic E-state index is 12.3. The Kier molecular flexibility index (Phi) is 5.94. The number of anilines is 1. The molecule has 7 heteroatoms. The lowest BCUT2D eigenvalue weighted by Gasteiger charge is -2.21. The molecule has 6 nitrogen and oxygen atoms in total. The van der Waals surface area contributed by atoms with Crippen LogP contribution in [0.2, 0.25) is 0 Å². The summed E-state index contributed by atoms with van der Waals surface area (Å²) in [7, 11) is -2.25. The van der Waals surface area contributed by atoms with E-state index in [9.17, 15) is 13.2 Å². The minimum Gasteiger partial charge on any atom is -0.497 e. The van der Waals surface area contributed by atoms with E-state index in [1.54, 1.807) is 24.3 Å². The molecule has 0 heterocycles. The molecule has 2 rings (SSSR count). The first-order valence-corrected chi connectivity index (χ1v) is 8.95. The van der Waals surface area contributed by atoms with Crippen LogP contribution in [-0.4, -0.2) is 34.5 Å². The van der Waals surface area contributed by atoms with Gasteiger partial charge in [0.1, 0.15) is 5.75 Å². The van der Waals surface area contributed by atoms with Crippen LogP contribution in [0.15, 0.2) is 59.5 Å². The van der Waals surface area contributed by atoms with Crippen molar-refractivity contribution in [1.29, 1.82) is 0 Å². The molecule has 0 bridgehead atoms. The minimum absolute atomic E-state index is 0.0823. The van der Waals surface area contributed by atoms with Crippen LogP contribution in [0.3, 0.4) is 0 Å². The predicted octanol–water partition coefficient (Wildman–Crippen LogP) is 2.03. The Morgan fingerprint density at radius 2 is 1.71 bits per heavy atom. The van der Waals surface area contributed by atoms with Gasteiger partial charge in [-0.05, 0) is 43.3 Å². The molecule has 1 N–H and O–H groups in total. The first-order chi connectivity index (χ1) is 11.5. The van der Waals surface area contributed by atoms with Gasteiger partial charge in [0.05, 0.1) is 18.6 Å². The molecule has 24 heavy (non-hydrogen) atoms. The fourth-order valence-electron chi connectivity index (χ4n) is 2.20. The highest BCUT2D eigenvalue weighted by molar-refractivity contribution is 7.89. The van der Waals surface area contributed by atoms with Crippen LogP contribution >= 0.6 is 0 Å². The van der Waals surface area contributed by atoms with Crippen molar-refractivity contribution in [2.75, 3.05) is 25.1 Å². The normalized spacial score (nSPS) is 11.1. The summed E-state index contributed by atoms with van der Waals surface area (Å²) < 4.78 is 31.9. The molecule has 0 saturated heterocycles. The molecule has 0 aliphatic heterocycles.